The van der Waals surface area contributed by atoms with E-state index in [-0.39, 0.29) is 23.8 Å². The van der Waals surface area contributed by atoms with Crippen LogP contribution in [-0.4, -0.2) is 44.5 Å². The number of carbonyl (C=O) groups is 1. The van der Waals surface area contributed by atoms with E-state index in [2.05, 4.69) is 5.32 Å². The van der Waals surface area contributed by atoms with Crippen LogP contribution < -0.4 is 5.32 Å². The predicted octanol–water partition coefficient (Wildman–Crippen LogP) is 0.312. The van der Waals surface area contributed by atoms with Gasteiger partial charge in [-0.3, -0.25) is 8.98 Å². The number of ether oxygens (including phenoxy) is 1. The third kappa shape index (κ3) is 4.26. The number of aliphatic hydroxyl groups is 1. The lowest BCUT2D eigenvalue weighted by molar-refractivity contribution is -0.121. The third-order valence-electron chi connectivity index (χ3n) is 3.32. The number of carbonyl (C=O) groups excluding carboxylic acids is 1. The molecule has 122 valence electrons. The molecule has 22 heavy (non-hydrogen) atoms. The molecule has 1 saturated heterocycles. The highest BCUT2D eigenvalue weighted by Crippen LogP contribution is 2.21. The molecule has 1 aromatic carbocycles. The molecule has 0 bridgehead atoms. The first-order valence-corrected chi connectivity index (χ1v) is 8.25. The van der Waals surface area contributed by atoms with Gasteiger partial charge in [-0.2, -0.15) is 8.42 Å². The van der Waals surface area contributed by atoms with Crippen LogP contribution in [0.5, 0.6) is 0 Å². The second kappa shape index (κ2) is 6.74. The topological polar surface area (TPSA) is 102 Å². The van der Waals surface area contributed by atoms with Crippen molar-refractivity contribution < 1.29 is 27.2 Å². The van der Waals surface area contributed by atoms with Crippen LogP contribution in [0, 0.1) is 6.92 Å². The smallest absolute Gasteiger partial charge is 0.297 e. The quantitative estimate of drug-likeness (QED) is 0.754. The summed E-state index contributed by atoms with van der Waals surface area (Å²) in [6.45, 7) is 2.91. The summed E-state index contributed by atoms with van der Waals surface area (Å²) in [6.07, 6.45) is -1.58. The van der Waals surface area contributed by atoms with E-state index in [0.29, 0.717) is 0 Å². The molecule has 7 nitrogen and oxygen atoms in total. The minimum absolute atomic E-state index is 0.0488. The van der Waals surface area contributed by atoms with Crippen LogP contribution in [0.2, 0.25) is 0 Å². The zero-order valence-electron chi connectivity index (χ0n) is 12.4. The molecular formula is C14H19NO6S. The molecule has 8 heteroatoms. The highest BCUT2D eigenvalue weighted by Gasteiger charge is 2.36. The normalized spacial score (nSPS) is 25.1. The van der Waals surface area contributed by atoms with E-state index in [4.69, 9.17) is 8.92 Å². The minimum Gasteiger partial charge on any atom is -0.368 e. The molecule has 2 rings (SSSR count). The number of hydrogen-bond donors (Lipinski definition) is 2. The molecule has 1 aliphatic heterocycles. The summed E-state index contributed by atoms with van der Waals surface area (Å²) < 4.78 is 34.3. The van der Waals surface area contributed by atoms with Gasteiger partial charge in [-0.05, 0) is 19.1 Å². The van der Waals surface area contributed by atoms with Gasteiger partial charge in [0, 0.05) is 13.3 Å². The van der Waals surface area contributed by atoms with Crippen LogP contribution >= 0.6 is 0 Å². The Morgan fingerprint density at radius 2 is 2.05 bits per heavy atom. The minimum atomic E-state index is -3.91. The van der Waals surface area contributed by atoms with Gasteiger partial charge >= 0.3 is 0 Å². The second-order valence-corrected chi connectivity index (χ2v) is 6.84. The van der Waals surface area contributed by atoms with Gasteiger partial charge in [-0.1, -0.05) is 17.7 Å². The zero-order chi connectivity index (χ0) is 16.3. The molecule has 0 spiro atoms. The van der Waals surface area contributed by atoms with Crippen molar-refractivity contribution in [2.75, 3.05) is 6.61 Å². The standard InChI is InChI=1S/C14H19NO6S/c1-9-3-5-11(6-4-9)22(18,19)20-8-13-12(15-10(2)16)7-14(17)21-13/h3-6,12-14,17H,7-8H2,1-2H3,(H,15,16)/t12-,13-,14-/m1/s1. The number of benzene rings is 1. The van der Waals surface area contributed by atoms with Crippen molar-refractivity contribution in [2.45, 2.75) is 43.6 Å². The van der Waals surface area contributed by atoms with E-state index in [9.17, 15) is 18.3 Å². The number of rotatable bonds is 5. The Hall–Kier alpha value is -1.48. The fourth-order valence-corrected chi connectivity index (χ4v) is 3.14. The van der Waals surface area contributed by atoms with E-state index < -0.39 is 28.6 Å². The number of aliphatic hydroxyl groups excluding tert-OH is 1. The van der Waals surface area contributed by atoms with Gasteiger partial charge in [0.2, 0.25) is 5.91 Å². The Labute approximate surface area is 129 Å². The van der Waals surface area contributed by atoms with Gasteiger partial charge in [0.05, 0.1) is 17.5 Å². The van der Waals surface area contributed by atoms with Crippen molar-refractivity contribution in [2.24, 2.45) is 0 Å². The molecule has 1 amide bonds. The van der Waals surface area contributed by atoms with Gasteiger partial charge in [0.15, 0.2) is 6.29 Å². The van der Waals surface area contributed by atoms with Crippen molar-refractivity contribution >= 4 is 16.0 Å². The molecule has 0 aliphatic carbocycles. The first kappa shape index (κ1) is 16.9. The fraction of sp³-hybridized carbons (Fsp3) is 0.500. The Kier molecular flexibility index (Phi) is 5.17. The molecule has 0 saturated carbocycles. The summed E-state index contributed by atoms with van der Waals surface area (Å²) in [5.74, 6) is -0.283. The fourth-order valence-electron chi connectivity index (χ4n) is 2.22. The first-order valence-electron chi connectivity index (χ1n) is 6.84. The summed E-state index contributed by atoms with van der Waals surface area (Å²) in [5.41, 5.74) is 0.937. The first-order chi connectivity index (χ1) is 10.3. The van der Waals surface area contributed by atoms with Crippen molar-refractivity contribution in [3.8, 4) is 0 Å². The maximum Gasteiger partial charge on any atom is 0.297 e. The molecule has 0 aromatic heterocycles. The van der Waals surface area contributed by atoms with E-state index in [1.807, 2.05) is 6.92 Å². The predicted molar refractivity (Wildman–Crippen MR) is 77.4 cm³/mol. The maximum absolute atomic E-state index is 12.1. The van der Waals surface area contributed by atoms with Crippen molar-refractivity contribution in [3.63, 3.8) is 0 Å². The van der Waals surface area contributed by atoms with Crippen molar-refractivity contribution in [1.29, 1.82) is 0 Å². The molecule has 1 aromatic rings. The monoisotopic (exact) mass is 329 g/mol. The Morgan fingerprint density at radius 3 is 2.64 bits per heavy atom. The van der Waals surface area contributed by atoms with Gasteiger partial charge in [-0.15, -0.1) is 0 Å². The average molecular weight is 329 g/mol. The van der Waals surface area contributed by atoms with Crippen LogP contribution in [0.15, 0.2) is 29.2 Å². The SMILES string of the molecule is CC(=O)N[C@@H]1C[C@H](O)O[C@@H]1COS(=O)(=O)c1ccc(C)cc1. The van der Waals surface area contributed by atoms with Crippen LogP contribution in [-0.2, 0) is 23.8 Å². The van der Waals surface area contributed by atoms with Crippen LogP contribution in [0.1, 0.15) is 18.9 Å². The Bertz CT molecular complexity index is 627. The van der Waals surface area contributed by atoms with E-state index in [1.54, 1.807) is 12.1 Å². The van der Waals surface area contributed by atoms with Gasteiger partial charge in [0.1, 0.15) is 6.10 Å². The Balaban J connectivity index is 2.01. The van der Waals surface area contributed by atoms with Crippen LogP contribution in [0.25, 0.3) is 0 Å². The van der Waals surface area contributed by atoms with Gasteiger partial charge in [-0.25, -0.2) is 0 Å². The summed E-state index contributed by atoms with van der Waals surface area (Å²) in [5, 5.41) is 12.1. The van der Waals surface area contributed by atoms with Gasteiger partial charge in [0.25, 0.3) is 10.1 Å². The molecule has 2 N–H and O–H groups in total. The Morgan fingerprint density at radius 1 is 1.41 bits per heavy atom. The number of amides is 1. The summed E-state index contributed by atoms with van der Waals surface area (Å²) in [7, 11) is -3.91. The lowest BCUT2D eigenvalue weighted by Gasteiger charge is -2.18. The molecule has 3 atom stereocenters. The van der Waals surface area contributed by atoms with E-state index in [0.717, 1.165) is 5.56 Å². The summed E-state index contributed by atoms with van der Waals surface area (Å²) >= 11 is 0. The molecule has 1 heterocycles. The molecule has 1 aliphatic rings. The third-order valence-corrected chi connectivity index (χ3v) is 4.62. The highest BCUT2D eigenvalue weighted by molar-refractivity contribution is 7.86. The molecule has 0 radical (unpaired) electrons. The summed E-state index contributed by atoms with van der Waals surface area (Å²) in [4.78, 5) is 11.1. The average Bonchev–Trinajstić information content (AvgIpc) is 2.76. The van der Waals surface area contributed by atoms with Crippen LogP contribution in [0.4, 0.5) is 0 Å². The van der Waals surface area contributed by atoms with E-state index in [1.165, 1.54) is 19.1 Å². The molecule has 1 fully saturated rings. The summed E-state index contributed by atoms with van der Waals surface area (Å²) in [6, 6.07) is 5.78. The lowest BCUT2D eigenvalue weighted by atomic mass is 10.1. The zero-order valence-corrected chi connectivity index (χ0v) is 13.2. The second-order valence-electron chi connectivity index (χ2n) is 5.22. The molecule has 0 unspecified atom stereocenters. The van der Waals surface area contributed by atoms with Gasteiger partial charge < -0.3 is 15.2 Å². The van der Waals surface area contributed by atoms with Crippen LogP contribution in [0.3, 0.4) is 0 Å². The number of aryl methyl sites for hydroxylation is 1. The maximum atomic E-state index is 12.1. The van der Waals surface area contributed by atoms with E-state index >= 15 is 0 Å². The largest absolute Gasteiger partial charge is 0.368 e. The lowest BCUT2D eigenvalue weighted by Crippen LogP contribution is -2.41. The van der Waals surface area contributed by atoms with Crippen molar-refractivity contribution in [3.05, 3.63) is 29.8 Å². The highest BCUT2D eigenvalue weighted by atomic mass is 32.2. The number of nitrogens with one attached hydrogen (secondary N) is 1. The molecular weight excluding hydrogens is 310 g/mol. The number of hydrogen-bond acceptors (Lipinski definition) is 6. The van der Waals surface area contributed by atoms with Crippen molar-refractivity contribution in [1.82, 2.24) is 5.32 Å².